The molecule has 0 saturated heterocycles. The van der Waals surface area contributed by atoms with Gasteiger partial charge in [0.15, 0.2) is 0 Å². The summed E-state index contributed by atoms with van der Waals surface area (Å²) in [6.07, 6.45) is 2.31. The van der Waals surface area contributed by atoms with Gasteiger partial charge in [-0.15, -0.1) is 11.3 Å². The maximum absolute atomic E-state index is 11.8. The minimum atomic E-state index is -0.273. The molecule has 0 aliphatic heterocycles. The highest BCUT2D eigenvalue weighted by atomic mass is 32.1. The van der Waals surface area contributed by atoms with Crippen molar-refractivity contribution in [1.82, 2.24) is 15.3 Å². The Balaban J connectivity index is 1.49. The van der Waals surface area contributed by atoms with E-state index >= 15 is 0 Å². The van der Waals surface area contributed by atoms with Crippen molar-refractivity contribution >= 4 is 23.2 Å². The van der Waals surface area contributed by atoms with Crippen LogP contribution in [0.15, 0.2) is 54.0 Å². The second kappa shape index (κ2) is 8.25. The summed E-state index contributed by atoms with van der Waals surface area (Å²) in [6, 6.07) is 12.9. The van der Waals surface area contributed by atoms with Crippen LogP contribution < -0.4 is 15.4 Å². The maximum Gasteiger partial charge on any atom is 0.320 e. The van der Waals surface area contributed by atoms with Gasteiger partial charge in [-0.25, -0.2) is 14.8 Å². The Morgan fingerprint density at radius 3 is 2.76 bits per heavy atom. The summed E-state index contributed by atoms with van der Waals surface area (Å²) < 4.78 is 5.16. The van der Waals surface area contributed by atoms with Gasteiger partial charge in [-0.2, -0.15) is 0 Å². The first kappa shape index (κ1) is 16.9. The lowest BCUT2D eigenvalue weighted by molar-refractivity contribution is 0.252. The fourth-order valence-corrected chi connectivity index (χ4v) is 3.01. The molecule has 2 heterocycles. The molecule has 0 aliphatic carbocycles. The number of carbonyl (C=O) groups excluding carboxylic acids is 1. The van der Waals surface area contributed by atoms with Crippen molar-refractivity contribution in [1.29, 1.82) is 0 Å². The lowest BCUT2D eigenvalue weighted by Crippen LogP contribution is -2.30. The Morgan fingerprint density at radius 1 is 1.20 bits per heavy atom. The molecule has 0 saturated carbocycles. The highest BCUT2D eigenvalue weighted by molar-refractivity contribution is 7.09. The normalized spacial score (nSPS) is 10.3. The molecule has 2 N–H and O–H groups in total. The van der Waals surface area contributed by atoms with Crippen LogP contribution in [0.1, 0.15) is 5.01 Å². The zero-order valence-electron chi connectivity index (χ0n) is 13.7. The van der Waals surface area contributed by atoms with E-state index in [1.165, 1.54) is 0 Å². The second-order valence-electron chi connectivity index (χ2n) is 5.20. The van der Waals surface area contributed by atoms with Crippen LogP contribution in [0.2, 0.25) is 0 Å². The molecule has 25 heavy (non-hydrogen) atoms. The predicted molar refractivity (Wildman–Crippen MR) is 99.1 cm³/mol. The van der Waals surface area contributed by atoms with E-state index in [1.807, 2.05) is 35.7 Å². The molecule has 0 fully saturated rings. The molecule has 0 aliphatic rings. The van der Waals surface area contributed by atoms with Crippen molar-refractivity contribution in [3.63, 3.8) is 0 Å². The van der Waals surface area contributed by atoms with E-state index in [-0.39, 0.29) is 6.03 Å². The fourth-order valence-electron chi connectivity index (χ4n) is 2.20. The number of pyridine rings is 1. The van der Waals surface area contributed by atoms with E-state index in [0.717, 1.165) is 22.0 Å². The average Bonchev–Trinajstić information content (AvgIpc) is 3.11. The van der Waals surface area contributed by atoms with Gasteiger partial charge < -0.3 is 10.1 Å². The van der Waals surface area contributed by atoms with E-state index in [4.69, 9.17) is 4.74 Å². The van der Waals surface area contributed by atoms with Crippen LogP contribution in [0, 0.1) is 0 Å². The quantitative estimate of drug-likeness (QED) is 0.709. The number of ether oxygens (including phenoxy) is 1. The third-order valence-corrected chi connectivity index (χ3v) is 4.38. The molecular weight excluding hydrogens is 336 g/mol. The Hall–Kier alpha value is -2.93. The first-order valence-electron chi connectivity index (χ1n) is 7.79. The number of methoxy groups -OCH3 is 1. The summed E-state index contributed by atoms with van der Waals surface area (Å²) in [6.45, 7) is 0.508. The Labute approximate surface area is 149 Å². The predicted octanol–water partition coefficient (Wildman–Crippen LogP) is 3.58. The second-order valence-corrected chi connectivity index (χ2v) is 6.14. The molecule has 0 bridgehead atoms. The molecule has 0 radical (unpaired) electrons. The zero-order chi connectivity index (χ0) is 17.5. The highest BCUT2D eigenvalue weighted by Crippen LogP contribution is 2.24. The number of benzene rings is 1. The molecule has 7 heteroatoms. The third kappa shape index (κ3) is 4.77. The SMILES string of the molecule is COc1ccc(-c2csc(CCNC(=O)Nc3ccccn3)n2)cc1. The molecule has 0 spiro atoms. The van der Waals surface area contributed by atoms with Crippen LogP contribution in [-0.2, 0) is 6.42 Å². The van der Waals surface area contributed by atoms with Crippen molar-refractivity contribution < 1.29 is 9.53 Å². The van der Waals surface area contributed by atoms with Gasteiger partial charge in [0.25, 0.3) is 0 Å². The van der Waals surface area contributed by atoms with Gasteiger partial charge in [0, 0.05) is 30.1 Å². The Morgan fingerprint density at radius 2 is 2.04 bits per heavy atom. The van der Waals surface area contributed by atoms with Crippen molar-refractivity contribution in [2.75, 3.05) is 19.0 Å². The Bertz CT molecular complexity index is 819. The van der Waals surface area contributed by atoms with Gasteiger partial charge in [0.1, 0.15) is 11.6 Å². The summed E-state index contributed by atoms with van der Waals surface area (Å²) in [5.41, 5.74) is 1.98. The molecule has 128 valence electrons. The standard InChI is InChI=1S/C18H18N4O2S/c1-24-14-7-5-13(6-8-14)15-12-25-17(21-15)9-11-20-18(23)22-16-4-2-3-10-19-16/h2-8,10,12H,9,11H2,1H3,(H2,19,20,22,23). The number of nitrogens with one attached hydrogen (secondary N) is 2. The van der Waals surface area contributed by atoms with E-state index in [1.54, 1.807) is 36.8 Å². The van der Waals surface area contributed by atoms with E-state index in [9.17, 15) is 4.79 Å². The van der Waals surface area contributed by atoms with Crippen LogP contribution in [0.25, 0.3) is 11.3 Å². The minimum absolute atomic E-state index is 0.273. The molecule has 3 rings (SSSR count). The molecule has 6 nitrogen and oxygen atoms in total. The van der Waals surface area contributed by atoms with Gasteiger partial charge >= 0.3 is 6.03 Å². The van der Waals surface area contributed by atoms with Crippen molar-refractivity contribution in [3.8, 4) is 17.0 Å². The first-order valence-corrected chi connectivity index (χ1v) is 8.67. The lowest BCUT2D eigenvalue weighted by Gasteiger charge is -2.05. The van der Waals surface area contributed by atoms with E-state index in [0.29, 0.717) is 18.8 Å². The number of thiazole rings is 1. The highest BCUT2D eigenvalue weighted by Gasteiger charge is 2.06. The number of aromatic nitrogens is 2. The molecule has 3 aromatic rings. The van der Waals surface area contributed by atoms with Gasteiger partial charge in [0.05, 0.1) is 17.8 Å². The monoisotopic (exact) mass is 354 g/mol. The van der Waals surface area contributed by atoms with Crippen LogP contribution in [0.5, 0.6) is 5.75 Å². The Kier molecular flexibility index (Phi) is 5.58. The van der Waals surface area contributed by atoms with Gasteiger partial charge in [-0.3, -0.25) is 5.32 Å². The van der Waals surface area contributed by atoms with Crippen LogP contribution >= 0.6 is 11.3 Å². The smallest absolute Gasteiger partial charge is 0.320 e. The number of hydrogen-bond donors (Lipinski definition) is 2. The number of amides is 2. The first-order chi connectivity index (χ1) is 12.2. The number of anilines is 1. The largest absolute Gasteiger partial charge is 0.497 e. The van der Waals surface area contributed by atoms with E-state index in [2.05, 4.69) is 20.6 Å². The van der Waals surface area contributed by atoms with Crippen molar-refractivity contribution in [2.45, 2.75) is 6.42 Å². The van der Waals surface area contributed by atoms with Crippen molar-refractivity contribution in [2.24, 2.45) is 0 Å². The molecule has 0 unspecified atom stereocenters. The summed E-state index contributed by atoms with van der Waals surface area (Å²) in [4.78, 5) is 20.5. The number of carbonyl (C=O) groups is 1. The lowest BCUT2D eigenvalue weighted by atomic mass is 10.2. The molecule has 2 amide bonds. The molecule has 2 aromatic heterocycles. The fraction of sp³-hybridized carbons (Fsp3) is 0.167. The number of hydrogen-bond acceptors (Lipinski definition) is 5. The summed E-state index contributed by atoms with van der Waals surface area (Å²) in [5.74, 6) is 1.35. The van der Waals surface area contributed by atoms with E-state index < -0.39 is 0 Å². The molecule has 0 atom stereocenters. The number of rotatable bonds is 6. The van der Waals surface area contributed by atoms with Crippen LogP contribution in [0.3, 0.4) is 0 Å². The third-order valence-electron chi connectivity index (χ3n) is 3.47. The summed E-state index contributed by atoms with van der Waals surface area (Å²) in [7, 11) is 1.65. The number of nitrogens with zero attached hydrogens (tertiary/aromatic N) is 2. The number of urea groups is 1. The zero-order valence-corrected chi connectivity index (χ0v) is 14.5. The maximum atomic E-state index is 11.8. The molecule has 1 aromatic carbocycles. The van der Waals surface area contributed by atoms with Crippen LogP contribution in [-0.4, -0.2) is 29.7 Å². The minimum Gasteiger partial charge on any atom is -0.497 e. The summed E-state index contributed by atoms with van der Waals surface area (Å²) in [5, 5.41) is 8.48. The molecular formula is C18H18N4O2S. The van der Waals surface area contributed by atoms with Crippen LogP contribution in [0.4, 0.5) is 10.6 Å². The van der Waals surface area contributed by atoms with Gasteiger partial charge in [0.2, 0.25) is 0 Å². The average molecular weight is 354 g/mol. The topological polar surface area (TPSA) is 76.1 Å². The van der Waals surface area contributed by atoms with Gasteiger partial charge in [-0.1, -0.05) is 6.07 Å². The van der Waals surface area contributed by atoms with Gasteiger partial charge in [-0.05, 0) is 36.4 Å². The summed E-state index contributed by atoms with van der Waals surface area (Å²) >= 11 is 1.58. The van der Waals surface area contributed by atoms with Crippen molar-refractivity contribution in [3.05, 3.63) is 59.0 Å².